The molecule has 1 unspecified atom stereocenters. The molecule has 0 aliphatic rings. The summed E-state index contributed by atoms with van der Waals surface area (Å²) in [5.41, 5.74) is 5.12. The smallest absolute Gasteiger partial charge is 0.212 e. The van der Waals surface area contributed by atoms with E-state index in [-0.39, 0.29) is 5.41 Å². The molecule has 4 heteroatoms. The van der Waals surface area contributed by atoms with Gasteiger partial charge in [0.2, 0.25) is 5.95 Å². The Morgan fingerprint density at radius 3 is 2.03 bits per heavy atom. The van der Waals surface area contributed by atoms with Gasteiger partial charge in [-0.1, -0.05) is 63.2 Å². The van der Waals surface area contributed by atoms with Crippen LogP contribution in [0.15, 0.2) is 91.3 Å². The molecule has 0 N–H and O–H groups in total. The fraction of sp³-hybridized carbons (Fsp3) is 0.214. The Kier molecular flexibility index (Phi) is 6.31. The van der Waals surface area contributed by atoms with Crippen molar-refractivity contribution < 1.29 is 9.13 Å². The number of rotatable bonds is 7. The molecule has 162 valence electrons. The molecule has 3 nitrogen and oxygen atoms in total. The molecule has 32 heavy (non-hydrogen) atoms. The number of halogens is 1. The van der Waals surface area contributed by atoms with E-state index in [0.29, 0.717) is 12.5 Å². The summed E-state index contributed by atoms with van der Waals surface area (Å²) in [6.45, 7) is 7.20. The Balaban J connectivity index is 1.55. The summed E-state index contributed by atoms with van der Waals surface area (Å²) in [5, 5.41) is 0. The summed E-state index contributed by atoms with van der Waals surface area (Å²) >= 11 is 0. The number of benzene rings is 2. The van der Waals surface area contributed by atoms with Crippen molar-refractivity contribution in [1.82, 2.24) is 9.97 Å². The van der Waals surface area contributed by atoms with Gasteiger partial charge in [0, 0.05) is 23.4 Å². The van der Waals surface area contributed by atoms with Crippen LogP contribution in [0.4, 0.5) is 4.39 Å². The summed E-state index contributed by atoms with van der Waals surface area (Å²) in [4.78, 5) is 8.06. The fourth-order valence-corrected chi connectivity index (χ4v) is 3.93. The summed E-state index contributed by atoms with van der Waals surface area (Å²) in [6, 6.07) is 25.8. The van der Waals surface area contributed by atoms with Crippen LogP contribution in [0.3, 0.4) is 0 Å². The minimum absolute atomic E-state index is 0.168. The van der Waals surface area contributed by atoms with Crippen LogP contribution >= 0.6 is 0 Å². The molecule has 0 saturated carbocycles. The van der Waals surface area contributed by atoms with Gasteiger partial charge in [-0.3, -0.25) is 4.98 Å². The van der Waals surface area contributed by atoms with E-state index in [2.05, 4.69) is 67.1 Å². The van der Waals surface area contributed by atoms with Crippen molar-refractivity contribution in [1.29, 1.82) is 0 Å². The van der Waals surface area contributed by atoms with E-state index in [1.807, 2.05) is 30.3 Å². The first-order valence-corrected chi connectivity index (χ1v) is 10.8. The number of ether oxygens (including phenoxy) is 1. The summed E-state index contributed by atoms with van der Waals surface area (Å²) < 4.78 is 19.0. The molecule has 0 bridgehead atoms. The molecule has 2 aromatic carbocycles. The summed E-state index contributed by atoms with van der Waals surface area (Å²) in [6.07, 6.45) is 3.34. The second kappa shape index (κ2) is 9.31. The van der Waals surface area contributed by atoms with Crippen LogP contribution in [0.2, 0.25) is 0 Å². The Morgan fingerprint density at radius 1 is 0.812 bits per heavy atom. The molecule has 0 aliphatic carbocycles. The molecule has 0 saturated heterocycles. The Hall–Kier alpha value is -3.53. The first kappa shape index (κ1) is 21.7. The summed E-state index contributed by atoms with van der Waals surface area (Å²) in [7, 11) is 0. The topological polar surface area (TPSA) is 35.0 Å². The van der Waals surface area contributed by atoms with Crippen LogP contribution in [-0.4, -0.2) is 9.97 Å². The van der Waals surface area contributed by atoms with E-state index in [1.165, 1.54) is 17.2 Å². The van der Waals surface area contributed by atoms with Gasteiger partial charge in [0.05, 0.1) is 5.69 Å². The summed E-state index contributed by atoms with van der Waals surface area (Å²) in [5.74, 6) is 0.732. The van der Waals surface area contributed by atoms with Gasteiger partial charge in [-0.25, -0.2) is 4.98 Å². The van der Waals surface area contributed by atoms with Gasteiger partial charge < -0.3 is 4.74 Å². The minimum atomic E-state index is -0.467. The van der Waals surface area contributed by atoms with Crippen LogP contribution in [0, 0.1) is 11.9 Å². The van der Waals surface area contributed by atoms with E-state index in [0.717, 1.165) is 22.6 Å². The third-order valence-electron chi connectivity index (χ3n) is 6.27. The molecule has 2 aromatic heterocycles. The average Bonchev–Trinajstić information content (AvgIpc) is 2.84. The van der Waals surface area contributed by atoms with Gasteiger partial charge in [0.1, 0.15) is 12.4 Å². The highest BCUT2D eigenvalue weighted by atomic mass is 19.1. The van der Waals surface area contributed by atoms with Crippen LogP contribution < -0.4 is 4.74 Å². The number of hydrogen-bond acceptors (Lipinski definition) is 3. The van der Waals surface area contributed by atoms with E-state index < -0.39 is 5.95 Å². The third kappa shape index (κ3) is 4.54. The molecular formula is C28H27FN2O. The molecule has 0 fully saturated rings. The molecule has 2 heterocycles. The SMILES string of the molecule is CC(C)C(C)(c1ccc(OCc2ccccn2)cc1)c1ccc(-c2ccc(F)nc2)cc1. The molecule has 0 spiro atoms. The van der Waals surface area contributed by atoms with E-state index in [4.69, 9.17) is 4.74 Å². The van der Waals surface area contributed by atoms with Crippen LogP contribution in [0.25, 0.3) is 11.1 Å². The minimum Gasteiger partial charge on any atom is -0.487 e. The standard InChI is InChI=1S/C28H27FN2O/c1-20(2)28(3,23-10-7-21(8-11-23)22-9-16-27(29)31-18-22)24-12-14-26(15-13-24)32-19-25-6-4-5-17-30-25/h4-18,20H,19H2,1-3H3. The van der Waals surface area contributed by atoms with E-state index >= 15 is 0 Å². The van der Waals surface area contributed by atoms with Crippen molar-refractivity contribution in [3.05, 3.63) is 114 Å². The van der Waals surface area contributed by atoms with Crippen LogP contribution in [-0.2, 0) is 12.0 Å². The van der Waals surface area contributed by atoms with E-state index in [9.17, 15) is 4.39 Å². The number of pyridine rings is 2. The van der Waals surface area contributed by atoms with Gasteiger partial charge in [0.15, 0.2) is 0 Å². The number of nitrogens with zero attached hydrogens (tertiary/aromatic N) is 2. The normalized spacial score (nSPS) is 13.0. The fourth-order valence-electron chi connectivity index (χ4n) is 3.93. The second-order valence-electron chi connectivity index (χ2n) is 8.44. The zero-order chi connectivity index (χ0) is 22.6. The molecule has 0 radical (unpaired) electrons. The molecule has 4 aromatic rings. The van der Waals surface area contributed by atoms with Crippen molar-refractivity contribution in [2.75, 3.05) is 0 Å². The Labute approximate surface area is 189 Å². The zero-order valence-electron chi connectivity index (χ0n) is 18.6. The highest BCUT2D eigenvalue weighted by Gasteiger charge is 2.32. The average molecular weight is 427 g/mol. The van der Waals surface area contributed by atoms with Crippen molar-refractivity contribution in [2.24, 2.45) is 5.92 Å². The maximum Gasteiger partial charge on any atom is 0.212 e. The van der Waals surface area contributed by atoms with Crippen LogP contribution in [0.1, 0.15) is 37.6 Å². The van der Waals surface area contributed by atoms with Gasteiger partial charge in [-0.15, -0.1) is 0 Å². The molecule has 1 atom stereocenters. The maximum absolute atomic E-state index is 13.1. The first-order chi connectivity index (χ1) is 15.5. The Morgan fingerprint density at radius 2 is 1.47 bits per heavy atom. The maximum atomic E-state index is 13.1. The molecule has 0 amide bonds. The quantitative estimate of drug-likeness (QED) is 0.304. The van der Waals surface area contributed by atoms with Crippen molar-refractivity contribution >= 4 is 0 Å². The predicted octanol–water partition coefficient (Wildman–Crippen LogP) is 6.82. The lowest BCUT2D eigenvalue weighted by Crippen LogP contribution is -2.30. The Bertz CT molecular complexity index is 1140. The lowest BCUT2D eigenvalue weighted by Gasteiger charge is -2.35. The molecule has 0 aliphatic heterocycles. The largest absolute Gasteiger partial charge is 0.487 e. The lowest BCUT2D eigenvalue weighted by molar-refractivity contribution is 0.301. The van der Waals surface area contributed by atoms with Gasteiger partial charge in [0.25, 0.3) is 0 Å². The van der Waals surface area contributed by atoms with E-state index in [1.54, 1.807) is 18.5 Å². The molecular weight excluding hydrogens is 399 g/mol. The number of aromatic nitrogens is 2. The highest BCUT2D eigenvalue weighted by Crippen LogP contribution is 2.40. The lowest BCUT2D eigenvalue weighted by atomic mass is 9.68. The third-order valence-corrected chi connectivity index (χ3v) is 6.27. The van der Waals surface area contributed by atoms with Gasteiger partial charge in [-0.2, -0.15) is 4.39 Å². The monoisotopic (exact) mass is 426 g/mol. The molecule has 4 rings (SSSR count). The van der Waals surface area contributed by atoms with Gasteiger partial charge in [-0.05, 0) is 59.0 Å². The highest BCUT2D eigenvalue weighted by molar-refractivity contribution is 5.63. The van der Waals surface area contributed by atoms with Crippen molar-refractivity contribution in [3.8, 4) is 16.9 Å². The number of hydrogen-bond donors (Lipinski definition) is 0. The van der Waals surface area contributed by atoms with Crippen molar-refractivity contribution in [3.63, 3.8) is 0 Å². The van der Waals surface area contributed by atoms with Crippen LogP contribution in [0.5, 0.6) is 5.75 Å². The predicted molar refractivity (Wildman–Crippen MR) is 126 cm³/mol. The second-order valence-corrected chi connectivity index (χ2v) is 8.44. The first-order valence-electron chi connectivity index (χ1n) is 10.8. The van der Waals surface area contributed by atoms with Gasteiger partial charge >= 0.3 is 0 Å². The zero-order valence-corrected chi connectivity index (χ0v) is 18.6. The van der Waals surface area contributed by atoms with Crippen molar-refractivity contribution in [2.45, 2.75) is 32.8 Å².